The fraction of sp³-hybridized carbons (Fsp3) is 0.571. The van der Waals surface area contributed by atoms with E-state index in [4.69, 9.17) is 4.74 Å². The van der Waals surface area contributed by atoms with Crippen LogP contribution in [0.2, 0.25) is 0 Å². The number of hydrogen-bond acceptors (Lipinski definition) is 4. The van der Waals surface area contributed by atoms with Crippen molar-refractivity contribution < 1.29 is 14.3 Å². The van der Waals surface area contributed by atoms with E-state index in [9.17, 15) is 9.59 Å². The van der Waals surface area contributed by atoms with Crippen molar-refractivity contribution in [1.82, 2.24) is 15.1 Å². The van der Waals surface area contributed by atoms with Gasteiger partial charge >= 0.3 is 5.97 Å². The SMILES string of the molecule is CN=C(NCCCC(=O)N1Cc2ccccc2C1)N1CCC(C(=O)OC)CC1.I. The molecule has 0 radical (unpaired) electrons. The summed E-state index contributed by atoms with van der Waals surface area (Å²) in [5.41, 5.74) is 2.51. The number of ether oxygens (including phenoxy) is 1. The highest BCUT2D eigenvalue weighted by molar-refractivity contribution is 14.0. The first-order chi connectivity index (χ1) is 13.6. The van der Waals surface area contributed by atoms with Gasteiger partial charge in [0.25, 0.3) is 0 Å². The van der Waals surface area contributed by atoms with E-state index in [0.717, 1.165) is 51.4 Å². The van der Waals surface area contributed by atoms with E-state index in [1.807, 2.05) is 17.0 Å². The summed E-state index contributed by atoms with van der Waals surface area (Å²) in [4.78, 5) is 32.6. The molecular formula is C21H31IN4O3. The number of fused-ring (bicyclic) bond motifs is 1. The monoisotopic (exact) mass is 514 g/mol. The lowest BCUT2D eigenvalue weighted by Crippen LogP contribution is -2.47. The van der Waals surface area contributed by atoms with Crippen molar-refractivity contribution in [3.8, 4) is 0 Å². The van der Waals surface area contributed by atoms with Crippen LogP contribution in [0.25, 0.3) is 0 Å². The molecule has 0 unspecified atom stereocenters. The van der Waals surface area contributed by atoms with Crippen molar-refractivity contribution in [2.24, 2.45) is 10.9 Å². The third-order valence-corrected chi connectivity index (χ3v) is 5.58. The van der Waals surface area contributed by atoms with E-state index in [2.05, 4.69) is 27.3 Å². The second-order valence-electron chi connectivity index (χ2n) is 7.38. The standard InChI is InChI=1S/C21H30N4O3.HI/c1-22-21(24-12-9-16(10-13-24)20(27)28-2)23-11-5-8-19(26)25-14-17-6-3-4-7-18(17)15-25;/h3-4,6-7,16H,5,8-15H2,1-2H3,(H,22,23);1H. The number of guanidine groups is 1. The molecule has 1 saturated heterocycles. The number of carbonyl (C=O) groups excluding carboxylic acids is 2. The molecule has 2 aliphatic rings. The predicted molar refractivity (Wildman–Crippen MR) is 123 cm³/mol. The number of halogens is 1. The number of esters is 1. The molecule has 29 heavy (non-hydrogen) atoms. The summed E-state index contributed by atoms with van der Waals surface area (Å²) in [7, 11) is 3.21. The number of nitrogens with one attached hydrogen (secondary N) is 1. The molecule has 0 aliphatic carbocycles. The quantitative estimate of drug-likeness (QED) is 0.215. The van der Waals surface area contributed by atoms with Gasteiger partial charge in [-0.1, -0.05) is 24.3 Å². The molecule has 7 nitrogen and oxygen atoms in total. The van der Waals surface area contributed by atoms with Crippen LogP contribution in [-0.2, 0) is 27.4 Å². The molecule has 2 heterocycles. The lowest BCUT2D eigenvalue weighted by Gasteiger charge is -2.33. The number of hydrogen-bond donors (Lipinski definition) is 1. The molecule has 1 N–H and O–H groups in total. The molecule has 2 aliphatic heterocycles. The van der Waals surface area contributed by atoms with Crippen LogP contribution in [0.4, 0.5) is 0 Å². The van der Waals surface area contributed by atoms with Crippen LogP contribution in [-0.4, -0.2) is 61.4 Å². The molecule has 160 valence electrons. The summed E-state index contributed by atoms with van der Waals surface area (Å²) in [5.74, 6) is 0.906. The maximum atomic E-state index is 12.5. The Bertz CT molecular complexity index is 707. The number of amides is 1. The Morgan fingerprint density at radius 1 is 1.14 bits per heavy atom. The number of rotatable bonds is 5. The minimum absolute atomic E-state index is 0. The molecular weight excluding hydrogens is 483 g/mol. The lowest BCUT2D eigenvalue weighted by atomic mass is 9.97. The Kier molecular flexibility index (Phi) is 9.19. The zero-order valence-corrected chi connectivity index (χ0v) is 19.6. The summed E-state index contributed by atoms with van der Waals surface area (Å²) in [6, 6.07) is 8.24. The highest BCUT2D eigenvalue weighted by Crippen LogP contribution is 2.23. The van der Waals surface area contributed by atoms with E-state index in [1.165, 1.54) is 18.2 Å². The van der Waals surface area contributed by atoms with E-state index < -0.39 is 0 Å². The Morgan fingerprint density at radius 3 is 2.31 bits per heavy atom. The molecule has 1 amide bonds. The van der Waals surface area contributed by atoms with Gasteiger partial charge in [0, 0.05) is 46.2 Å². The number of aliphatic imine (C=N–C) groups is 1. The van der Waals surface area contributed by atoms with Crippen LogP contribution in [0.1, 0.15) is 36.8 Å². The Labute approximate surface area is 189 Å². The van der Waals surface area contributed by atoms with Crippen LogP contribution in [0.3, 0.4) is 0 Å². The predicted octanol–water partition coefficient (Wildman–Crippen LogP) is 2.39. The topological polar surface area (TPSA) is 74.2 Å². The van der Waals surface area contributed by atoms with Crippen molar-refractivity contribution >= 4 is 41.8 Å². The number of benzene rings is 1. The van der Waals surface area contributed by atoms with Gasteiger partial charge in [-0.05, 0) is 30.4 Å². The third-order valence-electron chi connectivity index (χ3n) is 5.58. The number of piperidine rings is 1. The summed E-state index contributed by atoms with van der Waals surface area (Å²) in [6.07, 6.45) is 2.86. The summed E-state index contributed by atoms with van der Waals surface area (Å²) in [6.45, 7) is 3.71. The number of likely N-dealkylation sites (tertiary alicyclic amines) is 1. The van der Waals surface area contributed by atoms with Crippen molar-refractivity contribution in [1.29, 1.82) is 0 Å². The van der Waals surface area contributed by atoms with Gasteiger partial charge in [-0.25, -0.2) is 0 Å². The maximum Gasteiger partial charge on any atom is 0.308 e. The highest BCUT2D eigenvalue weighted by atomic mass is 127. The first kappa shape index (κ1) is 23.4. The number of carbonyl (C=O) groups is 2. The van der Waals surface area contributed by atoms with Gasteiger partial charge in [-0.2, -0.15) is 0 Å². The van der Waals surface area contributed by atoms with Crippen molar-refractivity contribution in [2.45, 2.75) is 38.8 Å². The van der Waals surface area contributed by atoms with E-state index in [-0.39, 0.29) is 41.8 Å². The molecule has 0 aromatic heterocycles. The molecule has 1 fully saturated rings. The third kappa shape index (κ3) is 6.07. The number of methoxy groups -OCH3 is 1. The smallest absolute Gasteiger partial charge is 0.308 e. The second kappa shape index (κ2) is 11.4. The van der Waals surface area contributed by atoms with Crippen LogP contribution in [0, 0.1) is 5.92 Å². The van der Waals surface area contributed by atoms with Crippen LogP contribution >= 0.6 is 24.0 Å². The van der Waals surface area contributed by atoms with Crippen molar-refractivity contribution in [3.63, 3.8) is 0 Å². The van der Waals surface area contributed by atoms with Crippen LogP contribution < -0.4 is 5.32 Å². The first-order valence-corrected chi connectivity index (χ1v) is 10.0. The van der Waals surface area contributed by atoms with Crippen LogP contribution in [0.5, 0.6) is 0 Å². The molecule has 8 heteroatoms. The molecule has 1 aromatic rings. The fourth-order valence-electron chi connectivity index (χ4n) is 3.93. The minimum Gasteiger partial charge on any atom is -0.469 e. The molecule has 0 bridgehead atoms. The summed E-state index contributed by atoms with van der Waals surface area (Å²) < 4.78 is 4.84. The maximum absolute atomic E-state index is 12.5. The molecule has 1 aromatic carbocycles. The number of nitrogens with zero attached hydrogens (tertiary/aromatic N) is 3. The minimum atomic E-state index is -0.120. The van der Waals surface area contributed by atoms with E-state index in [0.29, 0.717) is 13.0 Å². The van der Waals surface area contributed by atoms with Crippen molar-refractivity contribution in [3.05, 3.63) is 35.4 Å². The van der Waals surface area contributed by atoms with E-state index in [1.54, 1.807) is 7.05 Å². The molecule has 0 atom stereocenters. The Morgan fingerprint density at radius 2 is 1.76 bits per heavy atom. The fourth-order valence-corrected chi connectivity index (χ4v) is 3.93. The molecule has 0 saturated carbocycles. The van der Waals surface area contributed by atoms with E-state index >= 15 is 0 Å². The van der Waals surface area contributed by atoms with Gasteiger partial charge in [0.1, 0.15) is 0 Å². The summed E-state index contributed by atoms with van der Waals surface area (Å²) >= 11 is 0. The average molecular weight is 514 g/mol. The average Bonchev–Trinajstić information content (AvgIpc) is 3.18. The lowest BCUT2D eigenvalue weighted by molar-refractivity contribution is -0.146. The summed E-state index contributed by atoms with van der Waals surface area (Å²) in [5, 5.41) is 3.35. The largest absolute Gasteiger partial charge is 0.469 e. The van der Waals surface area contributed by atoms with Gasteiger partial charge < -0.3 is 19.9 Å². The van der Waals surface area contributed by atoms with Gasteiger partial charge in [0.05, 0.1) is 13.0 Å². The van der Waals surface area contributed by atoms with Gasteiger partial charge in [-0.15, -0.1) is 24.0 Å². The second-order valence-corrected chi connectivity index (χ2v) is 7.38. The Balaban J connectivity index is 0.00000300. The van der Waals surface area contributed by atoms with Gasteiger partial charge in [0.15, 0.2) is 5.96 Å². The zero-order valence-electron chi connectivity index (χ0n) is 17.2. The van der Waals surface area contributed by atoms with Gasteiger partial charge in [-0.3, -0.25) is 14.6 Å². The van der Waals surface area contributed by atoms with Gasteiger partial charge in [0.2, 0.25) is 5.91 Å². The van der Waals surface area contributed by atoms with Crippen molar-refractivity contribution in [2.75, 3.05) is 33.8 Å². The Hall–Kier alpha value is -1.84. The zero-order chi connectivity index (χ0) is 19.9. The highest BCUT2D eigenvalue weighted by Gasteiger charge is 2.27. The first-order valence-electron chi connectivity index (χ1n) is 10.0. The van der Waals surface area contributed by atoms with Crippen LogP contribution in [0.15, 0.2) is 29.3 Å². The normalized spacial score (nSPS) is 16.8. The molecule has 0 spiro atoms. The molecule has 3 rings (SSSR count).